The van der Waals surface area contributed by atoms with Crippen LogP contribution in [0.5, 0.6) is 0 Å². The van der Waals surface area contributed by atoms with Crippen LogP contribution in [-0.2, 0) is 14.3 Å². The summed E-state index contributed by atoms with van der Waals surface area (Å²) in [5, 5.41) is 16.2. The highest BCUT2D eigenvalue weighted by atomic mass is 16.6. The Morgan fingerprint density at radius 1 is 1.25 bits per heavy atom. The molecule has 4 rings (SSSR count). The molecule has 4 heterocycles. The fraction of sp³-hybridized carbons (Fsp3) is 0.913. The molecule has 32 heavy (non-hydrogen) atoms. The lowest BCUT2D eigenvalue weighted by atomic mass is 9.91. The topological polar surface area (TPSA) is 103 Å². The van der Waals surface area contributed by atoms with E-state index in [1.807, 2.05) is 25.7 Å². The number of ether oxygens (including phenoxy) is 2. The highest BCUT2D eigenvalue weighted by Gasteiger charge is 2.52. The SMILES string of the molecule is CC(C)(C)OC(=O)N1C2CCC1(CCNC(=O)CO[C@H]1CN3CCCC3(CO)C1)CNC2. The third-order valence-corrected chi connectivity index (χ3v) is 7.67. The summed E-state index contributed by atoms with van der Waals surface area (Å²) in [6.07, 6.45) is 5.20. The van der Waals surface area contributed by atoms with Crippen LogP contribution in [0.15, 0.2) is 0 Å². The maximum atomic E-state index is 12.9. The molecule has 4 aliphatic rings. The molecule has 0 aromatic rings. The van der Waals surface area contributed by atoms with Gasteiger partial charge in [0.2, 0.25) is 5.91 Å². The molecule has 9 heteroatoms. The summed E-state index contributed by atoms with van der Waals surface area (Å²) >= 11 is 0. The van der Waals surface area contributed by atoms with E-state index in [4.69, 9.17) is 9.47 Å². The van der Waals surface area contributed by atoms with Crippen LogP contribution in [0.4, 0.5) is 4.79 Å². The van der Waals surface area contributed by atoms with Gasteiger partial charge in [0.1, 0.15) is 12.2 Å². The van der Waals surface area contributed by atoms with E-state index in [0.717, 1.165) is 58.3 Å². The van der Waals surface area contributed by atoms with Crippen LogP contribution in [0.2, 0.25) is 0 Å². The van der Waals surface area contributed by atoms with E-state index < -0.39 is 5.60 Å². The quantitative estimate of drug-likeness (QED) is 0.526. The van der Waals surface area contributed by atoms with Crippen molar-refractivity contribution in [1.82, 2.24) is 20.4 Å². The average Bonchev–Trinajstić information content (AvgIpc) is 3.32. The number of aliphatic hydroxyl groups excluding tert-OH is 1. The number of carbonyl (C=O) groups is 2. The number of nitrogens with one attached hydrogen (secondary N) is 2. The summed E-state index contributed by atoms with van der Waals surface area (Å²) in [4.78, 5) is 29.6. The van der Waals surface area contributed by atoms with Crippen molar-refractivity contribution in [3.63, 3.8) is 0 Å². The molecule has 3 N–H and O–H groups in total. The number of carbonyl (C=O) groups excluding carboxylic acids is 2. The van der Waals surface area contributed by atoms with E-state index in [0.29, 0.717) is 13.0 Å². The van der Waals surface area contributed by atoms with Crippen LogP contribution in [-0.4, -0.2) is 102 Å². The number of amides is 2. The summed E-state index contributed by atoms with van der Waals surface area (Å²) in [5.74, 6) is -0.131. The van der Waals surface area contributed by atoms with Crippen LogP contribution in [0.1, 0.15) is 59.3 Å². The predicted octanol–water partition coefficient (Wildman–Crippen LogP) is 0.850. The van der Waals surface area contributed by atoms with Crippen molar-refractivity contribution in [3.05, 3.63) is 0 Å². The third-order valence-electron chi connectivity index (χ3n) is 7.67. The van der Waals surface area contributed by atoms with Crippen molar-refractivity contribution >= 4 is 12.0 Å². The molecule has 4 fully saturated rings. The Kier molecular flexibility index (Phi) is 6.73. The molecule has 0 aromatic carbocycles. The van der Waals surface area contributed by atoms with Crippen molar-refractivity contribution in [3.8, 4) is 0 Å². The Morgan fingerprint density at radius 3 is 2.78 bits per heavy atom. The molecule has 0 aliphatic carbocycles. The van der Waals surface area contributed by atoms with Gasteiger partial charge in [0.05, 0.1) is 18.2 Å². The molecule has 4 aliphatic heterocycles. The standard InChI is InChI=1S/C23H40N4O5/c1-21(2,3)32-20(30)27-17-5-7-22(27,15-24-12-17)8-9-25-19(29)14-31-18-11-23(16-28)6-4-10-26(23)13-18/h17-18,24,28H,4-16H2,1-3H3,(H,25,29)/t17?,18-,22?,23?/m1/s1. The number of rotatable bonds is 7. The molecule has 0 aromatic heterocycles. The number of aliphatic hydroxyl groups is 1. The minimum Gasteiger partial charge on any atom is -0.444 e. The van der Waals surface area contributed by atoms with Crippen molar-refractivity contribution in [1.29, 1.82) is 0 Å². The molecular weight excluding hydrogens is 412 g/mol. The molecule has 4 atom stereocenters. The van der Waals surface area contributed by atoms with Crippen LogP contribution in [0, 0.1) is 0 Å². The van der Waals surface area contributed by atoms with E-state index in [9.17, 15) is 14.7 Å². The van der Waals surface area contributed by atoms with E-state index in [2.05, 4.69) is 15.5 Å². The van der Waals surface area contributed by atoms with Gasteiger partial charge in [-0.25, -0.2) is 4.79 Å². The summed E-state index contributed by atoms with van der Waals surface area (Å²) in [5.41, 5.74) is -0.987. The zero-order chi connectivity index (χ0) is 23.0. The fourth-order valence-electron chi connectivity index (χ4n) is 6.18. The zero-order valence-electron chi connectivity index (χ0n) is 19.8. The largest absolute Gasteiger partial charge is 0.444 e. The Labute approximate surface area is 191 Å². The van der Waals surface area contributed by atoms with Crippen LogP contribution in [0.3, 0.4) is 0 Å². The molecule has 9 nitrogen and oxygen atoms in total. The van der Waals surface area contributed by atoms with Gasteiger partial charge >= 0.3 is 6.09 Å². The fourth-order valence-corrected chi connectivity index (χ4v) is 6.18. The van der Waals surface area contributed by atoms with Crippen LogP contribution < -0.4 is 10.6 Å². The second-order valence-corrected chi connectivity index (χ2v) is 11.1. The van der Waals surface area contributed by atoms with Gasteiger partial charge in [-0.3, -0.25) is 14.6 Å². The van der Waals surface area contributed by atoms with E-state index >= 15 is 0 Å². The Hall–Kier alpha value is -1.42. The predicted molar refractivity (Wildman–Crippen MR) is 119 cm³/mol. The smallest absolute Gasteiger partial charge is 0.411 e. The summed E-state index contributed by atoms with van der Waals surface area (Å²) in [7, 11) is 0. The lowest BCUT2D eigenvalue weighted by Gasteiger charge is -2.45. The summed E-state index contributed by atoms with van der Waals surface area (Å²) < 4.78 is 11.6. The maximum Gasteiger partial charge on any atom is 0.411 e. The first kappa shape index (κ1) is 23.7. The lowest BCUT2D eigenvalue weighted by Crippen LogP contribution is -2.63. The lowest BCUT2D eigenvalue weighted by molar-refractivity contribution is -0.127. The molecule has 4 saturated heterocycles. The van der Waals surface area contributed by atoms with Crippen LogP contribution in [0.25, 0.3) is 0 Å². The summed E-state index contributed by atoms with van der Waals surface area (Å²) in [6.45, 7) is 9.63. The summed E-state index contributed by atoms with van der Waals surface area (Å²) in [6, 6.07) is 0.147. The molecule has 182 valence electrons. The molecule has 2 amide bonds. The Morgan fingerprint density at radius 2 is 2.06 bits per heavy atom. The highest BCUT2D eigenvalue weighted by Crippen LogP contribution is 2.40. The number of fused-ring (bicyclic) bond motifs is 3. The van der Waals surface area contributed by atoms with Crippen LogP contribution >= 0.6 is 0 Å². The zero-order valence-corrected chi connectivity index (χ0v) is 19.8. The minimum absolute atomic E-state index is 0.00686. The van der Waals surface area contributed by atoms with Crippen molar-refractivity contribution in [2.24, 2.45) is 0 Å². The number of hydrogen-bond donors (Lipinski definition) is 3. The first-order chi connectivity index (χ1) is 15.2. The number of piperazine rings is 1. The first-order valence-electron chi connectivity index (χ1n) is 12.1. The first-order valence-corrected chi connectivity index (χ1v) is 12.1. The van der Waals surface area contributed by atoms with Crippen molar-refractivity contribution in [2.45, 2.75) is 88.1 Å². The minimum atomic E-state index is -0.530. The molecule has 0 spiro atoms. The molecule has 0 radical (unpaired) electrons. The Balaban J connectivity index is 1.24. The third kappa shape index (κ3) is 4.76. The normalized spacial score (nSPS) is 34.6. The van der Waals surface area contributed by atoms with Gasteiger partial charge in [-0.1, -0.05) is 0 Å². The van der Waals surface area contributed by atoms with Gasteiger partial charge < -0.3 is 25.2 Å². The monoisotopic (exact) mass is 452 g/mol. The van der Waals surface area contributed by atoms with E-state index in [1.54, 1.807) is 0 Å². The van der Waals surface area contributed by atoms with Gasteiger partial charge in [-0.05, 0) is 65.8 Å². The molecule has 2 bridgehead atoms. The second kappa shape index (κ2) is 9.08. The second-order valence-electron chi connectivity index (χ2n) is 11.1. The Bertz CT molecular complexity index is 709. The number of nitrogens with zero attached hydrogens (tertiary/aromatic N) is 2. The molecular formula is C23H40N4O5. The van der Waals surface area contributed by atoms with Gasteiger partial charge in [0.25, 0.3) is 0 Å². The van der Waals surface area contributed by atoms with Gasteiger partial charge in [-0.15, -0.1) is 0 Å². The number of hydrogen-bond acceptors (Lipinski definition) is 7. The van der Waals surface area contributed by atoms with E-state index in [1.165, 1.54) is 0 Å². The van der Waals surface area contributed by atoms with E-state index in [-0.39, 0.29) is 48.4 Å². The van der Waals surface area contributed by atoms with Gasteiger partial charge in [-0.2, -0.15) is 0 Å². The van der Waals surface area contributed by atoms with Gasteiger partial charge in [0.15, 0.2) is 0 Å². The highest BCUT2D eigenvalue weighted by molar-refractivity contribution is 5.77. The van der Waals surface area contributed by atoms with Crippen molar-refractivity contribution in [2.75, 3.05) is 45.9 Å². The maximum absolute atomic E-state index is 12.9. The van der Waals surface area contributed by atoms with Crippen molar-refractivity contribution < 1.29 is 24.2 Å². The molecule has 3 unspecified atom stereocenters. The average molecular weight is 453 g/mol. The van der Waals surface area contributed by atoms with Gasteiger partial charge in [0, 0.05) is 37.8 Å². The molecule has 0 saturated carbocycles.